The molecule has 1 unspecified atom stereocenters. The van der Waals surface area contributed by atoms with Gasteiger partial charge in [-0.1, -0.05) is 6.92 Å². The van der Waals surface area contributed by atoms with Gasteiger partial charge in [-0.3, -0.25) is 0 Å². The summed E-state index contributed by atoms with van der Waals surface area (Å²) in [7, 11) is 0. The lowest BCUT2D eigenvalue weighted by molar-refractivity contribution is -0.0320. The molecular formula is C14H26N2O3. The highest BCUT2D eigenvalue weighted by molar-refractivity contribution is 5.74. The van der Waals surface area contributed by atoms with Crippen LogP contribution >= 0.6 is 0 Å². The number of carbonyl (C=O) groups excluding carboxylic acids is 1. The van der Waals surface area contributed by atoms with Crippen LogP contribution in [0.1, 0.15) is 32.6 Å². The summed E-state index contributed by atoms with van der Waals surface area (Å²) < 4.78 is 11.0. The number of nitrogens with zero attached hydrogens (tertiary/aromatic N) is 1. The number of nitrogens with one attached hydrogen (secondary N) is 1. The molecular weight excluding hydrogens is 244 g/mol. The summed E-state index contributed by atoms with van der Waals surface area (Å²) in [6.07, 6.45) is 4.35. The number of urea groups is 1. The van der Waals surface area contributed by atoms with Crippen LogP contribution in [-0.4, -0.2) is 56.5 Å². The van der Waals surface area contributed by atoms with Crippen LogP contribution in [0.2, 0.25) is 0 Å². The van der Waals surface area contributed by atoms with Gasteiger partial charge in [0.1, 0.15) is 0 Å². The van der Waals surface area contributed by atoms with Crippen LogP contribution < -0.4 is 5.32 Å². The van der Waals surface area contributed by atoms with Crippen molar-refractivity contribution in [1.82, 2.24) is 10.2 Å². The molecule has 110 valence electrons. The smallest absolute Gasteiger partial charge is 0.317 e. The van der Waals surface area contributed by atoms with Crippen LogP contribution in [0.25, 0.3) is 0 Å². The Labute approximate surface area is 115 Å². The molecule has 0 bridgehead atoms. The van der Waals surface area contributed by atoms with Gasteiger partial charge < -0.3 is 19.7 Å². The second-order valence-corrected chi connectivity index (χ2v) is 5.61. The number of likely N-dealkylation sites (tertiary alicyclic amines) is 1. The minimum Gasteiger partial charge on any atom is -0.381 e. The Morgan fingerprint density at radius 3 is 2.84 bits per heavy atom. The van der Waals surface area contributed by atoms with Crippen LogP contribution in [0.3, 0.4) is 0 Å². The van der Waals surface area contributed by atoms with E-state index in [-0.39, 0.29) is 6.03 Å². The van der Waals surface area contributed by atoms with E-state index in [0.29, 0.717) is 18.6 Å². The van der Waals surface area contributed by atoms with E-state index in [0.717, 1.165) is 58.6 Å². The quantitative estimate of drug-likeness (QED) is 0.772. The molecule has 0 aromatic heterocycles. The van der Waals surface area contributed by atoms with Gasteiger partial charge in [-0.25, -0.2) is 4.79 Å². The van der Waals surface area contributed by atoms with Gasteiger partial charge in [0.25, 0.3) is 0 Å². The lowest BCUT2D eigenvalue weighted by Crippen LogP contribution is -2.39. The Morgan fingerprint density at radius 2 is 2.16 bits per heavy atom. The van der Waals surface area contributed by atoms with Gasteiger partial charge in [0, 0.05) is 39.5 Å². The zero-order chi connectivity index (χ0) is 13.5. The average molecular weight is 270 g/mol. The fourth-order valence-corrected chi connectivity index (χ4v) is 2.59. The summed E-state index contributed by atoms with van der Waals surface area (Å²) in [5, 5.41) is 2.97. The summed E-state index contributed by atoms with van der Waals surface area (Å²) in [5.74, 6) is 0.641. The molecule has 2 aliphatic rings. The van der Waals surface area contributed by atoms with Crippen LogP contribution in [-0.2, 0) is 9.47 Å². The van der Waals surface area contributed by atoms with E-state index in [1.807, 2.05) is 4.90 Å². The van der Waals surface area contributed by atoms with Crippen molar-refractivity contribution in [2.45, 2.75) is 38.7 Å². The number of hydrogen-bond donors (Lipinski definition) is 1. The molecule has 1 atom stereocenters. The molecule has 0 saturated carbocycles. The zero-order valence-electron chi connectivity index (χ0n) is 11.9. The molecule has 5 nitrogen and oxygen atoms in total. The van der Waals surface area contributed by atoms with Crippen molar-refractivity contribution in [2.24, 2.45) is 5.92 Å². The predicted octanol–water partition coefficient (Wildman–Crippen LogP) is 1.62. The van der Waals surface area contributed by atoms with Gasteiger partial charge in [-0.2, -0.15) is 0 Å². The van der Waals surface area contributed by atoms with Gasteiger partial charge in [0.2, 0.25) is 0 Å². The summed E-state index contributed by atoms with van der Waals surface area (Å²) in [6, 6.07) is 0.0791. The van der Waals surface area contributed by atoms with E-state index in [1.54, 1.807) is 0 Å². The third kappa shape index (κ3) is 4.99. The first kappa shape index (κ1) is 14.6. The molecule has 0 spiro atoms. The molecule has 0 aromatic carbocycles. The van der Waals surface area contributed by atoms with Gasteiger partial charge >= 0.3 is 6.03 Å². The number of amides is 2. The number of hydrogen-bond acceptors (Lipinski definition) is 3. The molecule has 2 saturated heterocycles. The maximum absolute atomic E-state index is 11.8. The summed E-state index contributed by atoms with van der Waals surface area (Å²) in [6.45, 7) is 7.03. The predicted molar refractivity (Wildman–Crippen MR) is 73.2 cm³/mol. The fourth-order valence-electron chi connectivity index (χ4n) is 2.59. The van der Waals surface area contributed by atoms with Crippen molar-refractivity contribution in [3.63, 3.8) is 0 Å². The summed E-state index contributed by atoms with van der Waals surface area (Å²) in [4.78, 5) is 13.7. The third-order valence-electron chi connectivity index (χ3n) is 3.83. The van der Waals surface area contributed by atoms with Gasteiger partial charge in [-0.15, -0.1) is 0 Å². The lowest BCUT2D eigenvalue weighted by atomic mass is 10.1. The second-order valence-electron chi connectivity index (χ2n) is 5.61. The normalized spacial score (nSPS) is 24.7. The van der Waals surface area contributed by atoms with Gasteiger partial charge in [0.15, 0.2) is 0 Å². The molecule has 1 N–H and O–H groups in total. The minimum absolute atomic E-state index is 0.0791. The molecule has 5 heteroatoms. The number of carbonyl (C=O) groups is 1. The van der Waals surface area contributed by atoms with E-state index < -0.39 is 0 Å². The summed E-state index contributed by atoms with van der Waals surface area (Å²) >= 11 is 0. The van der Waals surface area contributed by atoms with Crippen molar-refractivity contribution in [3.05, 3.63) is 0 Å². The van der Waals surface area contributed by atoms with Crippen molar-refractivity contribution in [3.8, 4) is 0 Å². The summed E-state index contributed by atoms with van der Waals surface area (Å²) in [5.41, 5.74) is 0. The molecule has 0 aliphatic carbocycles. The first-order chi connectivity index (χ1) is 9.25. The van der Waals surface area contributed by atoms with Crippen LogP contribution in [0, 0.1) is 5.92 Å². The van der Waals surface area contributed by atoms with Crippen molar-refractivity contribution in [2.75, 3.05) is 39.5 Å². The van der Waals surface area contributed by atoms with Crippen LogP contribution in [0.4, 0.5) is 4.79 Å². The highest BCUT2D eigenvalue weighted by Crippen LogP contribution is 2.14. The molecule has 2 aliphatic heterocycles. The van der Waals surface area contributed by atoms with Gasteiger partial charge in [-0.05, 0) is 31.6 Å². The van der Waals surface area contributed by atoms with E-state index in [2.05, 4.69) is 12.2 Å². The van der Waals surface area contributed by atoms with E-state index in [4.69, 9.17) is 9.47 Å². The first-order valence-corrected chi connectivity index (χ1v) is 7.48. The van der Waals surface area contributed by atoms with Crippen molar-refractivity contribution in [1.29, 1.82) is 0 Å². The Hall–Kier alpha value is -0.810. The highest BCUT2D eigenvalue weighted by atomic mass is 16.5. The molecule has 2 heterocycles. The molecule has 0 radical (unpaired) electrons. The standard InChI is InChI=1S/C14H26N2O3/c1-12-3-7-16(11-12)14(17)15-6-2-8-19-13-4-9-18-10-5-13/h12-13H,2-11H2,1H3,(H,15,17). The SMILES string of the molecule is CC1CCN(C(=O)NCCCOC2CCOCC2)C1. The molecule has 0 aromatic rings. The first-order valence-electron chi connectivity index (χ1n) is 7.48. The van der Waals surface area contributed by atoms with Crippen molar-refractivity contribution < 1.29 is 14.3 Å². The molecule has 2 fully saturated rings. The second kappa shape index (κ2) is 7.70. The average Bonchev–Trinajstić information content (AvgIpc) is 2.86. The zero-order valence-corrected chi connectivity index (χ0v) is 11.9. The molecule has 19 heavy (non-hydrogen) atoms. The Kier molecular flexibility index (Phi) is 5.92. The Bertz CT molecular complexity index is 280. The van der Waals surface area contributed by atoms with Crippen LogP contribution in [0.5, 0.6) is 0 Å². The van der Waals surface area contributed by atoms with E-state index >= 15 is 0 Å². The monoisotopic (exact) mass is 270 g/mol. The Morgan fingerprint density at radius 1 is 1.37 bits per heavy atom. The van der Waals surface area contributed by atoms with E-state index in [9.17, 15) is 4.79 Å². The maximum atomic E-state index is 11.8. The third-order valence-corrected chi connectivity index (χ3v) is 3.83. The number of ether oxygens (including phenoxy) is 2. The lowest BCUT2D eigenvalue weighted by Gasteiger charge is -2.22. The van der Waals surface area contributed by atoms with Crippen LogP contribution in [0.15, 0.2) is 0 Å². The van der Waals surface area contributed by atoms with E-state index in [1.165, 1.54) is 0 Å². The molecule has 2 rings (SSSR count). The topological polar surface area (TPSA) is 50.8 Å². The Balaban J connectivity index is 1.48. The maximum Gasteiger partial charge on any atom is 0.317 e. The number of rotatable bonds is 5. The van der Waals surface area contributed by atoms with Crippen molar-refractivity contribution >= 4 is 6.03 Å². The fraction of sp³-hybridized carbons (Fsp3) is 0.929. The highest BCUT2D eigenvalue weighted by Gasteiger charge is 2.22. The molecule has 2 amide bonds. The van der Waals surface area contributed by atoms with Gasteiger partial charge in [0.05, 0.1) is 6.10 Å². The minimum atomic E-state index is 0.0791. The largest absolute Gasteiger partial charge is 0.381 e.